The van der Waals surface area contributed by atoms with Gasteiger partial charge in [0.15, 0.2) is 0 Å². The van der Waals surface area contributed by atoms with E-state index >= 15 is 0 Å². The van der Waals surface area contributed by atoms with E-state index in [0.29, 0.717) is 5.82 Å². The zero-order valence-electron chi connectivity index (χ0n) is 9.17. The molecule has 0 aliphatic carbocycles. The van der Waals surface area contributed by atoms with Gasteiger partial charge in [0.2, 0.25) is 0 Å². The van der Waals surface area contributed by atoms with Crippen LogP contribution in [0.5, 0.6) is 0 Å². The normalized spacial score (nSPS) is 9.50. The summed E-state index contributed by atoms with van der Waals surface area (Å²) in [6.45, 7) is 3.25. The van der Waals surface area contributed by atoms with Crippen molar-refractivity contribution in [3.8, 4) is 0 Å². The van der Waals surface area contributed by atoms with Crippen molar-refractivity contribution in [2.75, 3.05) is 0 Å². The fraction of sp³-hybridized carbons (Fsp3) is 0.500. The van der Waals surface area contributed by atoms with Gasteiger partial charge >= 0.3 is 5.76 Å². The van der Waals surface area contributed by atoms with E-state index in [2.05, 4.69) is 9.68 Å². The standard InChI is InChI=1S/C8H12N2O3.U.V.W/c1-8(2,12)5-4-6-9-13-7(11)10(6)3;;;/h4-5,12H,1-3H3;;;/q-2;;;. The van der Waals surface area contributed by atoms with E-state index in [0.717, 1.165) is 0 Å². The summed E-state index contributed by atoms with van der Waals surface area (Å²) in [5, 5.41) is 12.8. The number of rotatable bonds is 3. The van der Waals surface area contributed by atoms with E-state index in [4.69, 9.17) is 0 Å². The molecule has 0 unspecified atom stereocenters. The summed E-state index contributed by atoms with van der Waals surface area (Å²) in [4.78, 5) is 10.8. The summed E-state index contributed by atoms with van der Waals surface area (Å²) in [5.41, 5.74) is -0.922. The summed E-state index contributed by atoms with van der Waals surface area (Å²) in [6, 6.07) is 0. The Kier molecular flexibility index (Phi) is 12.7. The molecule has 1 aromatic rings. The summed E-state index contributed by atoms with van der Waals surface area (Å²) in [6.07, 6.45) is 3.06. The van der Waals surface area contributed by atoms with Gasteiger partial charge in [0, 0.05) is 77.8 Å². The van der Waals surface area contributed by atoms with Crippen LogP contribution >= 0.6 is 0 Å². The van der Waals surface area contributed by atoms with E-state index in [1.165, 1.54) is 17.4 Å². The van der Waals surface area contributed by atoms with E-state index in [-0.39, 0.29) is 70.7 Å². The van der Waals surface area contributed by atoms with Crippen molar-refractivity contribution in [2.24, 2.45) is 7.05 Å². The summed E-state index contributed by atoms with van der Waals surface area (Å²) in [5.74, 6) is -0.137. The first-order valence-corrected chi connectivity index (χ1v) is 3.84. The minimum absolute atomic E-state index is 0. The number of aromatic nitrogens is 2. The van der Waals surface area contributed by atoms with Crippen LogP contribution in [0.25, 0.3) is 0 Å². The van der Waals surface area contributed by atoms with Crippen LogP contribution in [0.3, 0.4) is 0 Å². The average molecular weight is 657 g/mol. The zero-order chi connectivity index (χ0) is 10.1. The van der Waals surface area contributed by atoms with Crippen molar-refractivity contribution in [3.63, 3.8) is 0 Å². The molecule has 0 aliphatic heterocycles. The first-order valence-electron chi connectivity index (χ1n) is 3.84. The predicted molar refractivity (Wildman–Crippen MR) is 45.7 cm³/mol. The topological polar surface area (TPSA) is 68.3 Å². The van der Waals surface area contributed by atoms with E-state index in [9.17, 15) is 9.90 Å². The third-order valence-corrected chi connectivity index (χ3v) is 1.48. The fourth-order valence-electron chi connectivity index (χ4n) is 0.723. The number of hydrogen-bond acceptors (Lipinski definition) is 4. The van der Waals surface area contributed by atoms with Crippen LogP contribution in [0.2, 0.25) is 0 Å². The van der Waals surface area contributed by atoms with Gasteiger partial charge in [-0.15, -0.1) is 0 Å². The molecule has 0 bridgehead atoms. The van der Waals surface area contributed by atoms with Crippen LogP contribution in [0.15, 0.2) is 9.32 Å². The van der Waals surface area contributed by atoms with Gasteiger partial charge in [0.25, 0.3) is 0 Å². The van der Waals surface area contributed by atoms with Crippen LogP contribution in [0.4, 0.5) is 0 Å². The monoisotopic (exact) mass is 657 g/mol. The molecule has 1 N–H and O–H groups in total. The Labute approximate surface area is 144 Å². The minimum Gasteiger partial charge on any atom is -0.480 e. The molecule has 0 saturated heterocycles. The quantitative estimate of drug-likeness (QED) is 0.462. The molecule has 0 aromatic carbocycles. The Balaban J connectivity index is -0.000000563. The maximum absolute atomic E-state index is 10.8. The molecule has 0 atom stereocenters. The summed E-state index contributed by atoms with van der Waals surface area (Å²) in [7, 11) is 1.54. The van der Waals surface area contributed by atoms with Gasteiger partial charge in [-0.25, -0.2) is 4.79 Å². The molecule has 0 fully saturated rings. The molecule has 1 aromatic heterocycles. The van der Waals surface area contributed by atoms with Crippen molar-refractivity contribution < 1.29 is 80.4 Å². The SMILES string of the molecule is Cn1c([CH-][CH-]C(C)(C)O)noc1=O.[U].[V].[W]. The molecular formula is C8H12N2O3UVW-2. The van der Waals surface area contributed by atoms with Gasteiger partial charge in [0.1, 0.15) is 0 Å². The Bertz CT molecular complexity index is 348. The largest absolute Gasteiger partial charge is 0.480 e. The number of nitrogens with zero attached hydrogens (tertiary/aromatic N) is 2. The van der Waals surface area contributed by atoms with Gasteiger partial charge < -0.3 is 17.9 Å². The molecule has 8 heteroatoms. The molecular weight excluding hydrogens is 645 g/mol. The molecule has 16 heavy (non-hydrogen) atoms. The Morgan fingerprint density at radius 1 is 1.50 bits per heavy atom. The van der Waals surface area contributed by atoms with Crippen LogP contribution in [-0.2, 0) is 46.7 Å². The van der Waals surface area contributed by atoms with Crippen molar-refractivity contribution in [1.82, 2.24) is 9.72 Å². The molecule has 1 radical (unpaired) electrons. The van der Waals surface area contributed by atoms with Gasteiger partial charge in [0.05, 0.1) is 0 Å². The van der Waals surface area contributed by atoms with Gasteiger partial charge in [-0.05, 0) is 5.82 Å². The van der Waals surface area contributed by atoms with Gasteiger partial charge in [-0.3, -0.25) is 9.09 Å². The molecule has 0 saturated carbocycles. The second-order valence-corrected chi connectivity index (χ2v) is 3.35. The molecule has 89 valence electrons. The van der Waals surface area contributed by atoms with Gasteiger partial charge in [-0.2, -0.15) is 0 Å². The van der Waals surface area contributed by atoms with Crippen molar-refractivity contribution >= 4 is 0 Å². The second-order valence-electron chi connectivity index (χ2n) is 3.35. The Morgan fingerprint density at radius 2 is 2.00 bits per heavy atom. The van der Waals surface area contributed by atoms with Crippen molar-refractivity contribution in [1.29, 1.82) is 0 Å². The average Bonchev–Trinajstić information content (AvgIpc) is 2.29. The summed E-state index contributed by atoms with van der Waals surface area (Å²) >= 11 is 0. The van der Waals surface area contributed by atoms with Crippen LogP contribution in [-0.4, -0.2) is 20.4 Å². The van der Waals surface area contributed by atoms with Crippen molar-refractivity contribution in [3.05, 3.63) is 29.2 Å². The van der Waals surface area contributed by atoms with Crippen LogP contribution in [0, 0.1) is 44.0 Å². The number of hydrogen-bond donors (Lipinski definition) is 1. The van der Waals surface area contributed by atoms with E-state index < -0.39 is 11.4 Å². The minimum atomic E-state index is -0.922. The smallest absolute Gasteiger partial charge is 0.439 e. The third-order valence-electron chi connectivity index (χ3n) is 1.48. The van der Waals surface area contributed by atoms with E-state index in [1.807, 2.05) is 0 Å². The van der Waals surface area contributed by atoms with Gasteiger partial charge in [-0.1, -0.05) is 24.6 Å². The molecule has 1 heterocycles. The molecule has 0 amide bonds. The maximum Gasteiger partial charge on any atom is 0.439 e. The second kappa shape index (κ2) is 9.08. The first kappa shape index (κ1) is 22.3. The van der Waals surface area contributed by atoms with Crippen LogP contribution in [0.1, 0.15) is 19.7 Å². The Hall–Kier alpha value is 1.09. The molecule has 0 spiro atoms. The van der Waals surface area contributed by atoms with Crippen molar-refractivity contribution in [2.45, 2.75) is 19.4 Å². The zero-order valence-corrected chi connectivity index (χ0v) is 17.7. The molecule has 1 rings (SSSR count). The summed E-state index contributed by atoms with van der Waals surface area (Å²) < 4.78 is 5.64. The predicted octanol–water partition coefficient (Wildman–Crippen LogP) is -0.104. The fourth-order valence-corrected chi connectivity index (χ4v) is 0.723. The van der Waals surface area contributed by atoms with Crippen LogP contribution < -0.4 is 5.76 Å². The third kappa shape index (κ3) is 7.43. The number of aliphatic hydroxyl groups is 1. The molecule has 5 nitrogen and oxygen atoms in total. The van der Waals surface area contributed by atoms with E-state index in [1.54, 1.807) is 20.9 Å². The maximum atomic E-state index is 10.8. The first-order chi connectivity index (χ1) is 5.90. The Morgan fingerprint density at radius 3 is 2.31 bits per heavy atom. The molecule has 0 aliphatic rings.